The minimum atomic E-state index is 0.00421. The number of benzene rings is 1. The molecule has 2 fully saturated rings. The number of ether oxygens (including phenoxy) is 1. The van der Waals surface area contributed by atoms with Crippen molar-refractivity contribution in [2.24, 2.45) is 0 Å². The maximum atomic E-state index is 12.5. The van der Waals surface area contributed by atoms with Crippen LogP contribution in [0.3, 0.4) is 0 Å². The Hall–Kier alpha value is -1.43. The number of carbonyl (C=O) groups excluding carboxylic acids is 1. The summed E-state index contributed by atoms with van der Waals surface area (Å²) in [6.45, 7) is 7.74. The van der Waals surface area contributed by atoms with Gasteiger partial charge in [0.15, 0.2) is 0 Å². The van der Waals surface area contributed by atoms with Gasteiger partial charge in [-0.25, -0.2) is 0 Å². The molecule has 0 unspecified atom stereocenters. The molecule has 132 valence electrons. The molecule has 5 nitrogen and oxygen atoms in total. The molecule has 3 rings (SSSR count). The van der Waals surface area contributed by atoms with Gasteiger partial charge >= 0.3 is 0 Å². The van der Waals surface area contributed by atoms with E-state index in [9.17, 15) is 4.79 Å². The summed E-state index contributed by atoms with van der Waals surface area (Å²) < 4.78 is 5.56. The molecule has 0 bridgehead atoms. The van der Waals surface area contributed by atoms with Crippen LogP contribution < -0.4 is 10.6 Å². The molecule has 0 aromatic heterocycles. The third-order valence-corrected chi connectivity index (χ3v) is 5.45. The maximum absolute atomic E-state index is 12.5. The van der Waals surface area contributed by atoms with Crippen LogP contribution in [-0.4, -0.2) is 62.8 Å². The lowest BCUT2D eigenvalue weighted by Crippen LogP contribution is -2.54. The highest BCUT2D eigenvalue weighted by Gasteiger charge is 2.35. The SMILES string of the molecule is C[C@H]1CNCCN1CC(=O)NCC1(c2ccccc2)CCOCC1. The summed E-state index contributed by atoms with van der Waals surface area (Å²) in [4.78, 5) is 14.7. The first-order chi connectivity index (χ1) is 11.7. The molecule has 0 radical (unpaired) electrons. The number of piperazine rings is 1. The molecule has 2 N–H and O–H groups in total. The Labute approximate surface area is 144 Å². The van der Waals surface area contributed by atoms with Crippen molar-refractivity contribution in [2.45, 2.75) is 31.2 Å². The first kappa shape index (κ1) is 17.4. The van der Waals surface area contributed by atoms with Crippen molar-refractivity contribution < 1.29 is 9.53 Å². The van der Waals surface area contributed by atoms with E-state index in [1.165, 1.54) is 5.56 Å². The normalized spacial score (nSPS) is 24.5. The predicted octanol–water partition coefficient (Wildman–Crippen LogP) is 1.14. The molecule has 2 heterocycles. The molecule has 1 aromatic rings. The van der Waals surface area contributed by atoms with E-state index < -0.39 is 0 Å². The second-order valence-electron chi connectivity index (χ2n) is 7.06. The number of hydrogen-bond acceptors (Lipinski definition) is 4. The van der Waals surface area contributed by atoms with Crippen molar-refractivity contribution in [3.8, 4) is 0 Å². The largest absolute Gasteiger partial charge is 0.381 e. The first-order valence-electron chi connectivity index (χ1n) is 9.04. The molecule has 0 spiro atoms. The van der Waals surface area contributed by atoms with E-state index >= 15 is 0 Å². The fraction of sp³-hybridized carbons (Fsp3) is 0.632. The molecule has 0 saturated carbocycles. The third-order valence-electron chi connectivity index (χ3n) is 5.45. The lowest BCUT2D eigenvalue weighted by atomic mass is 9.74. The van der Waals surface area contributed by atoms with Gasteiger partial charge in [-0.15, -0.1) is 0 Å². The zero-order valence-electron chi connectivity index (χ0n) is 14.6. The van der Waals surface area contributed by atoms with Gasteiger partial charge in [-0.1, -0.05) is 30.3 Å². The van der Waals surface area contributed by atoms with Gasteiger partial charge in [-0.05, 0) is 25.3 Å². The summed E-state index contributed by atoms with van der Waals surface area (Å²) in [7, 11) is 0. The van der Waals surface area contributed by atoms with Crippen molar-refractivity contribution in [2.75, 3.05) is 45.9 Å². The van der Waals surface area contributed by atoms with Gasteiger partial charge in [0.25, 0.3) is 0 Å². The molecule has 2 aliphatic heterocycles. The highest BCUT2D eigenvalue weighted by atomic mass is 16.5. The van der Waals surface area contributed by atoms with Crippen molar-refractivity contribution >= 4 is 5.91 Å². The average Bonchev–Trinajstić information content (AvgIpc) is 2.63. The van der Waals surface area contributed by atoms with Crippen LogP contribution in [0.25, 0.3) is 0 Å². The van der Waals surface area contributed by atoms with Crippen molar-refractivity contribution in [1.29, 1.82) is 0 Å². The fourth-order valence-corrected chi connectivity index (χ4v) is 3.75. The summed E-state index contributed by atoms with van der Waals surface area (Å²) in [5.74, 6) is 0.130. The van der Waals surface area contributed by atoms with Crippen LogP contribution in [0, 0.1) is 0 Å². The van der Waals surface area contributed by atoms with Crippen molar-refractivity contribution in [3.63, 3.8) is 0 Å². The van der Waals surface area contributed by atoms with E-state index in [2.05, 4.69) is 46.7 Å². The summed E-state index contributed by atoms with van der Waals surface area (Å²) in [5, 5.41) is 6.56. The predicted molar refractivity (Wildman–Crippen MR) is 95.1 cm³/mol. The molecule has 1 amide bonds. The van der Waals surface area contributed by atoms with E-state index in [1.807, 2.05) is 6.07 Å². The maximum Gasteiger partial charge on any atom is 0.234 e. The van der Waals surface area contributed by atoms with Gasteiger partial charge in [-0.2, -0.15) is 0 Å². The van der Waals surface area contributed by atoms with Crippen LogP contribution in [-0.2, 0) is 14.9 Å². The average molecular weight is 331 g/mol. The molecule has 2 aliphatic rings. The van der Waals surface area contributed by atoms with Crippen LogP contribution >= 0.6 is 0 Å². The highest BCUT2D eigenvalue weighted by molar-refractivity contribution is 5.78. The third kappa shape index (κ3) is 4.15. The van der Waals surface area contributed by atoms with Crippen LogP contribution in [0.15, 0.2) is 30.3 Å². The number of nitrogens with one attached hydrogen (secondary N) is 2. The minimum absolute atomic E-state index is 0.00421. The zero-order valence-corrected chi connectivity index (χ0v) is 14.6. The topological polar surface area (TPSA) is 53.6 Å². The van der Waals surface area contributed by atoms with E-state index in [-0.39, 0.29) is 11.3 Å². The van der Waals surface area contributed by atoms with Crippen LogP contribution in [0.2, 0.25) is 0 Å². The Morgan fingerprint density at radius 3 is 2.79 bits per heavy atom. The fourth-order valence-electron chi connectivity index (χ4n) is 3.75. The van der Waals surface area contributed by atoms with Crippen LogP contribution in [0.5, 0.6) is 0 Å². The molecule has 1 atom stereocenters. The molecule has 24 heavy (non-hydrogen) atoms. The lowest BCUT2D eigenvalue weighted by molar-refractivity contribution is -0.123. The number of hydrogen-bond donors (Lipinski definition) is 2. The summed E-state index contributed by atoms with van der Waals surface area (Å²) in [6.07, 6.45) is 1.92. The zero-order chi connectivity index (χ0) is 16.8. The van der Waals surface area contributed by atoms with E-state index in [0.717, 1.165) is 45.7 Å². The minimum Gasteiger partial charge on any atom is -0.381 e. The molecule has 1 aromatic carbocycles. The Balaban J connectivity index is 1.60. The van der Waals surface area contributed by atoms with Crippen LogP contribution in [0.1, 0.15) is 25.3 Å². The van der Waals surface area contributed by atoms with Gasteiger partial charge in [0, 0.05) is 50.8 Å². The quantitative estimate of drug-likeness (QED) is 0.850. The number of nitrogens with zero attached hydrogens (tertiary/aromatic N) is 1. The Bertz CT molecular complexity index is 529. The smallest absolute Gasteiger partial charge is 0.234 e. The number of amides is 1. The molecular formula is C19H29N3O2. The lowest BCUT2D eigenvalue weighted by Gasteiger charge is -2.38. The summed E-state index contributed by atoms with van der Waals surface area (Å²) in [5.41, 5.74) is 1.31. The number of carbonyl (C=O) groups is 1. The van der Waals surface area contributed by atoms with Crippen LogP contribution in [0.4, 0.5) is 0 Å². The Kier molecular flexibility index (Phi) is 5.87. The Morgan fingerprint density at radius 2 is 2.08 bits per heavy atom. The van der Waals surface area contributed by atoms with Gasteiger partial charge < -0.3 is 15.4 Å². The monoisotopic (exact) mass is 331 g/mol. The van der Waals surface area contributed by atoms with E-state index in [1.54, 1.807) is 0 Å². The highest BCUT2D eigenvalue weighted by Crippen LogP contribution is 2.34. The van der Waals surface area contributed by atoms with Gasteiger partial charge in [0.05, 0.1) is 6.54 Å². The van der Waals surface area contributed by atoms with E-state index in [0.29, 0.717) is 19.1 Å². The summed E-state index contributed by atoms with van der Waals surface area (Å²) >= 11 is 0. The van der Waals surface area contributed by atoms with E-state index in [4.69, 9.17) is 4.74 Å². The van der Waals surface area contributed by atoms with Crippen molar-refractivity contribution in [3.05, 3.63) is 35.9 Å². The first-order valence-corrected chi connectivity index (χ1v) is 9.04. The molecule has 0 aliphatic carbocycles. The summed E-state index contributed by atoms with van der Waals surface area (Å²) in [6, 6.07) is 11.0. The molecule has 5 heteroatoms. The van der Waals surface area contributed by atoms with Gasteiger partial charge in [0.2, 0.25) is 5.91 Å². The van der Waals surface area contributed by atoms with Crippen molar-refractivity contribution in [1.82, 2.24) is 15.5 Å². The standard InChI is InChI=1S/C19H29N3O2/c1-16-13-20-9-10-22(16)14-18(23)21-15-19(7-11-24-12-8-19)17-5-3-2-4-6-17/h2-6,16,20H,7-15H2,1H3,(H,21,23)/t16-/m0/s1. The second kappa shape index (κ2) is 8.10. The second-order valence-corrected chi connectivity index (χ2v) is 7.06. The Morgan fingerprint density at radius 1 is 1.33 bits per heavy atom. The van der Waals surface area contributed by atoms with Gasteiger partial charge in [0.1, 0.15) is 0 Å². The molecule has 2 saturated heterocycles. The van der Waals surface area contributed by atoms with Gasteiger partial charge in [-0.3, -0.25) is 9.69 Å². The molecular weight excluding hydrogens is 302 g/mol. The number of rotatable bonds is 5.